The van der Waals surface area contributed by atoms with Crippen molar-refractivity contribution in [2.24, 2.45) is 0 Å². The Balaban J connectivity index is 2.16. The zero-order valence-corrected chi connectivity index (χ0v) is 10.2. The smallest absolute Gasteiger partial charge is 0.127 e. The monoisotopic (exact) mass is 240 g/mol. The standard InChI is InChI=1S/C13H18F2N2/c1-9-6-16-7-10(2)17(9)8-11-5-12(14)3-4-13(11)15/h3-5,9-10,16H,6-8H2,1-2H3. The minimum atomic E-state index is -0.378. The molecule has 0 spiro atoms. The number of nitrogens with zero attached hydrogens (tertiary/aromatic N) is 1. The van der Waals surface area contributed by atoms with E-state index < -0.39 is 0 Å². The van der Waals surface area contributed by atoms with Crippen molar-refractivity contribution in [3.8, 4) is 0 Å². The van der Waals surface area contributed by atoms with E-state index in [9.17, 15) is 8.78 Å². The molecule has 1 aromatic carbocycles. The summed E-state index contributed by atoms with van der Waals surface area (Å²) in [4.78, 5) is 2.20. The third kappa shape index (κ3) is 2.82. The van der Waals surface area contributed by atoms with Crippen LogP contribution >= 0.6 is 0 Å². The van der Waals surface area contributed by atoms with Crippen LogP contribution in [0.3, 0.4) is 0 Å². The second kappa shape index (κ2) is 5.10. The van der Waals surface area contributed by atoms with E-state index in [0.29, 0.717) is 24.2 Å². The predicted molar refractivity (Wildman–Crippen MR) is 63.7 cm³/mol. The van der Waals surface area contributed by atoms with Crippen LogP contribution in [0, 0.1) is 11.6 Å². The molecule has 1 aromatic rings. The van der Waals surface area contributed by atoms with E-state index in [1.54, 1.807) is 0 Å². The predicted octanol–water partition coefficient (Wildman–Crippen LogP) is 2.15. The first kappa shape index (κ1) is 12.5. The van der Waals surface area contributed by atoms with Crippen molar-refractivity contribution < 1.29 is 8.78 Å². The van der Waals surface area contributed by atoms with E-state index in [1.165, 1.54) is 12.1 Å². The normalized spacial score (nSPS) is 26.1. The molecule has 4 heteroatoms. The second-order valence-electron chi connectivity index (χ2n) is 4.76. The van der Waals surface area contributed by atoms with Crippen LogP contribution in [0.5, 0.6) is 0 Å². The molecule has 0 aliphatic carbocycles. The molecule has 0 bridgehead atoms. The highest BCUT2D eigenvalue weighted by Crippen LogP contribution is 2.17. The number of rotatable bonds is 2. The van der Waals surface area contributed by atoms with Crippen molar-refractivity contribution in [3.63, 3.8) is 0 Å². The van der Waals surface area contributed by atoms with Crippen LogP contribution in [-0.2, 0) is 6.54 Å². The van der Waals surface area contributed by atoms with Crippen molar-refractivity contribution in [2.75, 3.05) is 13.1 Å². The molecule has 2 nitrogen and oxygen atoms in total. The van der Waals surface area contributed by atoms with Crippen LogP contribution in [0.2, 0.25) is 0 Å². The van der Waals surface area contributed by atoms with E-state index in [0.717, 1.165) is 19.2 Å². The van der Waals surface area contributed by atoms with E-state index >= 15 is 0 Å². The van der Waals surface area contributed by atoms with Gasteiger partial charge in [0.15, 0.2) is 0 Å². The topological polar surface area (TPSA) is 15.3 Å². The summed E-state index contributed by atoms with van der Waals surface area (Å²) in [7, 11) is 0. The fourth-order valence-corrected chi connectivity index (χ4v) is 2.34. The van der Waals surface area contributed by atoms with E-state index in [2.05, 4.69) is 24.1 Å². The lowest BCUT2D eigenvalue weighted by atomic mass is 10.1. The minimum Gasteiger partial charge on any atom is -0.314 e. The van der Waals surface area contributed by atoms with Gasteiger partial charge in [0.1, 0.15) is 11.6 Å². The molecule has 1 fully saturated rings. The lowest BCUT2D eigenvalue weighted by Gasteiger charge is -2.39. The van der Waals surface area contributed by atoms with Crippen LogP contribution in [-0.4, -0.2) is 30.1 Å². The quantitative estimate of drug-likeness (QED) is 0.852. The highest BCUT2D eigenvalue weighted by Gasteiger charge is 2.25. The molecule has 2 unspecified atom stereocenters. The van der Waals surface area contributed by atoms with Gasteiger partial charge in [-0.3, -0.25) is 4.90 Å². The van der Waals surface area contributed by atoms with Crippen molar-refractivity contribution >= 4 is 0 Å². The summed E-state index contributed by atoms with van der Waals surface area (Å²) in [5.41, 5.74) is 0.436. The molecule has 2 atom stereocenters. The van der Waals surface area contributed by atoms with Gasteiger partial charge in [0.05, 0.1) is 0 Å². The fourth-order valence-electron chi connectivity index (χ4n) is 2.34. The number of piperazine rings is 1. The molecule has 94 valence electrons. The van der Waals surface area contributed by atoms with Crippen LogP contribution < -0.4 is 5.32 Å². The van der Waals surface area contributed by atoms with Crippen molar-refractivity contribution in [3.05, 3.63) is 35.4 Å². The molecule has 17 heavy (non-hydrogen) atoms. The Kier molecular flexibility index (Phi) is 3.74. The van der Waals surface area contributed by atoms with Crippen molar-refractivity contribution in [1.82, 2.24) is 10.2 Å². The van der Waals surface area contributed by atoms with Gasteiger partial charge in [-0.2, -0.15) is 0 Å². The molecule has 1 aliphatic heterocycles. The molecule has 0 amide bonds. The zero-order valence-electron chi connectivity index (χ0n) is 10.2. The second-order valence-corrected chi connectivity index (χ2v) is 4.76. The molecular weight excluding hydrogens is 222 g/mol. The van der Waals surface area contributed by atoms with Crippen molar-refractivity contribution in [1.29, 1.82) is 0 Å². The summed E-state index contributed by atoms with van der Waals surface area (Å²) < 4.78 is 26.7. The average Bonchev–Trinajstić information content (AvgIpc) is 2.28. The highest BCUT2D eigenvalue weighted by molar-refractivity contribution is 5.19. The number of hydrogen-bond acceptors (Lipinski definition) is 2. The first-order valence-corrected chi connectivity index (χ1v) is 5.98. The summed E-state index contributed by atoms with van der Waals surface area (Å²) in [6.45, 7) is 6.44. The molecule has 0 radical (unpaired) electrons. The molecule has 1 N–H and O–H groups in total. The van der Waals surface area contributed by atoms with Gasteiger partial charge in [-0.15, -0.1) is 0 Å². The van der Waals surface area contributed by atoms with Gasteiger partial charge >= 0.3 is 0 Å². The number of hydrogen-bond donors (Lipinski definition) is 1. The zero-order chi connectivity index (χ0) is 12.4. The van der Waals surface area contributed by atoms with Gasteiger partial charge in [-0.05, 0) is 32.0 Å². The summed E-state index contributed by atoms with van der Waals surface area (Å²) in [6, 6.07) is 4.31. The molecule has 0 aromatic heterocycles. The van der Waals surface area contributed by atoms with Gasteiger partial charge in [0.25, 0.3) is 0 Å². The average molecular weight is 240 g/mol. The summed E-state index contributed by atoms with van der Waals surface area (Å²) in [5, 5.41) is 3.32. The van der Waals surface area contributed by atoms with Crippen molar-refractivity contribution in [2.45, 2.75) is 32.5 Å². The number of nitrogens with one attached hydrogen (secondary N) is 1. The minimum absolute atomic E-state index is 0.329. The number of benzene rings is 1. The Hall–Kier alpha value is -1.00. The van der Waals surface area contributed by atoms with E-state index in [-0.39, 0.29) is 11.6 Å². The molecule has 0 saturated carbocycles. The van der Waals surface area contributed by atoms with Gasteiger partial charge in [-0.25, -0.2) is 8.78 Å². The van der Waals surface area contributed by atoms with Gasteiger partial charge < -0.3 is 5.32 Å². The third-order valence-electron chi connectivity index (χ3n) is 3.37. The van der Waals surface area contributed by atoms with E-state index in [1.807, 2.05) is 0 Å². The van der Waals surface area contributed by atoms with Crippen LogP contribution in [0.25, 0.3) is 0 Å². The molecular formula is C13H18F2N2. The Labute approximate surface area is 101 Å². The Morgan fingerprint density at radius 3 is 2.53 bits per heavy atom. The van der Waals surface area contributed by atoms with Crippen LogP contribution in [0.15, 0.2) is 18.2 Å². The van der Waals surface area contributed by atoms with Gasteiger partial charge in [-0.1, -0.05) is 0 Å². The third-order valence-corrected chi connectivity index (χ3v) is 3.37. The first-order valence-electron chi connectivity index (χ1n) is 5.98. The largest absolute Gasteiger partial charge is 0.314 e. The van der Waals surface area contributed by atoms with E-state index in [4.69, 9.17) is 0 Å². The molecule has 1 aliphatic rings. The maximum Gasteiger partial charge on any atom is 0.127 e. The molecule has 2 rings (SSSR count). The number of halogens is 2. The van der Waals surface area contributed by atoms with Crippen LogP contribution in [0.4, 0.5) is 8.78 Å². The summed E-state index contributed by atoms with van der Waals surface area (Å²) >= 11 is 0. The maximum atomic E-state index is 13.6. The Morgan fingerprint density at radius 1 is 1.24 bits per heavy atom. The lowest BCUT2D eigenvalue weighted by molar-refractivity contribution is 0.107. The Morgan fingerprint density at radius 2 is 1.88 bits per heavy atom. The van der Waals surface area contributed by atoms with Gasteiger partial charge in [0.2, 0.25) is 0 Å². The summed E-state index contributed by atoms with van der Waals surface area (Å²) in [5.74, 6) is -0.707. The first-order chi connectivity index (χ1) is 8.08. The fraction of sp³-hybridized carbons (Fsp3) is 0.538. The highest BCUT2D eigenvalue weighted by atomic mass is 19.1. The lowest BCUT2D eigenvalue weighted by Crippen LogP contribution is -2.54. The summed E-state index contributed by atoms with van der Waals surface area (Å²) in [6.07, 6.45) is 0. The SMILES string of the molecule is CC1CNCC(C)N1Cc1cc(F)ccc1F. The van der Waals surface area contributed by atoms with Gasteiger partial charge in [0, 0.05) is 37.3 Å². The molecule has 1 saturated heterocycles. The maximum absolute atomic E-state index is 13.6. The molecule has 1 heterocycles. The van der Waals surface area contributed by atoms with Crippen LogP contribution in [0.1, 0.15) is 19.4 Å². The Bertz CT molecular complexity index is 385.